The van der Waals surface area contributed by atoms with Crippen molar-refractivity contribution in [2.45, 2.75) is 20.3 Å². The molecule has 0 aliphatic rings. The largest absolute Gasteiger partial charge is 0.244 e. The van der Waals surface area contributed by atoms with Crippen LogP contribution in [0.3, 0.4) is 0 Å². The maximum absolute atomic E-state index is 6.09. The Morgan fingerprint density at radius 3 is 2.29 bits per heavy atom. The van der Waals surface area contributed by atoms with Gasteiger partial charge in [0.1, 0.15) is 5.17 Å². The Labute approximate surface area is 112 Å². The molecular weight excluding hydrogens is 253 g/mol. The first-order valence-corrected chi connectivity index (χ1v) is 6.16. The Morgan fingerprint density at radius 1 is 1.29 bits per heavy atom. The summed E-state index contributed by atoms with van der Waals surface area (Å²) < 4.78 is 0. The summed E-state index contributed by atoms with van der Waals surface area (Å²) in [6.45, 7) is 7.44. The summed E-state index contributed by atoms with van der Waals surface area (Å²) >= 11 is 12.1. The molecule has 0 saturated carbocycles. The number of aliphatic imine (C=N–C) groups is 1. The van der Waals surface area contributed by atoms with E-state index in [2.05, 4.69) is 30.6 Å². The first kappa shape index (κ1) is 14.0. The first-order valence-electron chi connectivity index (χ1n) is 5.40. The third-order valence-electron chi connectivity index (χ3n) is 2.41. The maximum Gasteiger partial charge on any atom is 0.137 e. The number of halogens is 2. The minimum Gasteiger partial charge on any atom is -0.244 e. The predicted octanol–water partition coefficient (Wildman–Crippen LogP) is 5.00. The average molecular weight is 268 g/mol. The minimum absolute atomic E-state index is 0.358. The Morgan fingerprint density at radius 2 is 1.88 bits per heavy atom. The molecule has 17 heavy (non-hydrogen) atoms. The number of aryl methyl sites for hydroxylation is 1. The standard InChI is InChI=1S/C14H15Cl2N/c1-4-11-6-8-12(9-7-11)13(10(3)15)14(16)17-5-2/h5-9H,2,4H2,1,3H3/b13-10+,17-14?. The summed E-state index contributed by atoms with van der Waals surface area (Å²) in [5.74, 6) is 0. The predicted molar refractivity (Wildman–Crippen MR) is 77.8 cm³/mol. The summed E-state index contributed by atoms with van der Waals surface area (Å²) in [4.78, 5) is 3.97. The van der Waals surface area contributed by atoms with Crippen molar-refractivity contribution in [1.29, 1.82) is 0 Å². The van der Waals surface area contributed by atoms with E-state index in [4.69, 9.17) is 23.2 Å². The molecule has 0 atom stereocenters. The van der Waals surface area contributed by atoms with Crippen molar-refractivity contribution in [3.05, 3.63) is 53.2 Å². The number of hydrogen-bond acceptors (Lipinski definition) is 1. The zero-order valence-corrected chi connectivity index (χ0v) is 11.5. The lowest BCUT2D eigenvalue weighted by atomic mass is 10.0. The van der Waals surface area contributed by atoms with Crippen LogP contribution in [0, 0.1) is 0 Å². The fraction of sp³-hybridized carbons (Fsp3) is 0.214. The minimum atomic E-state index is 0.358. The van der Waals surface area contributed by atoms with Crippen molar-refractivity contribution in [1.82, 2.24) is 0 Å². The third-order valence-corrected chi connectivity index (χ3v) is 2.88. The number of rotatable bonds is 4. The van der Waals surface area contributed by atoms with E-state index >= 15 is 0 Å². The van der Waals surface area contributed by atoms with Crippen molar-refractivity contribution in [3.63, 3.8) is 0 Å². The number of nitrogens with zero attached hydrogens (tertiary/aromatic N) is 1. The molecule has 3 heteroatoms. The summed E-state index contributed by atoms with van der Waals surface area (Å²) in [7, 11) is 0. The Hall–Kier alpha value is -1.05. The fourth-order valence-electron chi connectivity index (χ4n) is 1.51. The topological polar surface area (TPSA) is 12.4 Å². The lowest BCUT2D eigenvalue weighted by Gasteiger charge is -2.07. The molecule has 0 fully saturated rings. The smallest absolute Gasteiger partial charge is 0.137 e. The number of benzene rings is 1. The maximum atomic E-state index is 6.09. The van der Waals surface area contributed by atoms with E-state index in [0.29, 0.717) is 10.2 Å². The molecular formula is C14H15Cl2N. The third kappa shape index (κ3) is 3.72. The molecule has 1 rings (SSSR count). The second-order valence-electron chi connectivity index (χ2n) is 3.56. The van der Waals surface area contributed by atoms with Crippen molar-refractivity contribution >= 4 is 33.9 Å². The van der Waals surface area contributed by atoms with Gasteiger partial charge in [0.2, 0.25) is 0 Å². The molecule has 0 amide bonds. The summed E-state index contributed by atoms with van der Waals surface area (Å²) in [5, 5.41) is 0.974. The van der Waals surface area contributed by atoms with Crippen molar-refractivity contribution in [2.24, 2.45) is 4.99 Å². The van der Waals surface area contributed by atoms with Gasteiger partial charge in [-0.15, -0.1) is 0 Å². The van der Waals surface area contributed by atoms with Gasteiger partial charge in [-0.05, 0) is 24.5 Å². The van der Waals surface area contributed by atoms with Gasteiger partial charge in [0.25, 0.3) is 0 Å². The molecule has 0 aromatic heterocycles. The molecule has 0 bridgehead atoms. The fourth-order valence-corrected chi connectivity index (χ4v) is 2.08. The summed E-state index contributed by atoms with van der Waals surface area (Å²) in [6.07, 6.45) is 2.41. The van der Waals surface area contributed by atoms with E-state index in [0.717, 1.165) is 17.6 Å². The average Bonchev–Trinajstić information content (AvgIpc) is 2.30. The van der Waals surface area contributed by atoms with Crippen LogP contribution in [0.1, 0.15) is 25.0 Å². The van der Waals surface area contributed by atoms with Crippen molar-refractivity contribution in [2.75, 3.05) is 0 Å². The Balaban J connectivity index is 3.21. The van der Waals surface area contributed by atoms with E-state index in [1.165, 1.54) is 11.8 Å². The van der Waals surface area contributed by atoms with Gasteiger partial charge in [-0.3, -0.25) is 0 Å². The molecule has 0 spiro atoms. The van der Waals surface area contributed by atoms with Crippen LogP contribution in [0.15, 0.2) is 47.1 Å². The molecule has 0 radical (unpaired) electrons. The number of allylic oxidation sites excluding steroid dienone is 2. The van der Waals surface area contributed by atoms with Crippen LogP contribution in [0.4, 0.5) is 0 Å². The highest BCUT2D eigenvalue weighted by atomic mass is 35.5. The second kappa shape index (κ2) is 6.63. The Kier molecular flexibility index (Phi) is 5.46. The molecule has 1 nitrogen and oxygen atoms in total. The monoisotopic (exact) mass is 267 g/mol. The molecule has 0 unspecified atom stereocenters. The highest BCUT2D eigenvalue weighted by Crippen LogP contribution is 2.25. The lowest BCUT2D eigenvalue weighted by Crippen LogP contribution is -1.96. The van der Waals surface area contributed by atoms with Crippen LogP contribution >= 0.6 is 23.2 Å². The van der Waals surface area contributed by atoms with E-state index < -0.39 is 0 Å². The highest BCUT2D eigenvalue weighted by Gasteiger charge is 2.10. The molecule has 1 aromatic carbocycles. The van der Waals surface area contributed by atoms with Crippen LogP contribution in [0.25, 0.3) is 5.57 Å². The molecule has 90 valence electrons. The van der Waals surface area contributed by atoms with Gasteiger partial charge in [-0.25, -0.2) is 4.99 Å². The SMILES string of the molecule is C=CN=C(Cl)/C(=C(\C)Cl)c1ccc(CC)cc1. The van der Waals surface area contributed by atoms with E-state index in [-0.39, 0.29) is 0 Å². The zero-order valence-electron chi connectivity index (χ0n) is 10.0. The molecule has 0 saturated heterocycles. The van der Waals surface area contributed by atoms with Crippen LogP contribution < -0.4 is 0 Å². The van der Waals surface area contributed by atoms with Crippen LogP contribution in [-0.2, 0) is 6.42 Å². The van der Waals surface area contributed by atoms with Gasteiger partial charge < -0.3 is 0 Å². The molecule has 0 heterocycles. The quantitative estimate of drug-likeness (QED) is 0.681. The zero-order chi connectivity index (χ0) is 12.8. The normalized spacial score (nSPS) is 13.3. The van der Waals surface area contributed by atoms with E-state index in [1.54, 1.807) is 6.92 Å². The first-order chi connectivity index (χ1) is 8.10. The van der Waals surface area contributed by atoms with Crippen molar-refractivity contribution < 1.29 is 0 Å². The Bertz CT molecular complexity index is 452. The van der Waals surface area contributed by atoms with E-state index in [1.807, 2.05) is 12.1 Å². The van der Waals surface area contributed by atoms with Gasteiger partial charge in [-0.2, -0.15) is 0 Å². The van der Waals surface area contributed by atoms with Gasteiger partial charge >= 0.3 is 0 Å². The summed E-state index contributed by atoms with van der Waals surface area (Å²) in [5.41, 5.74) is 2.98. The van der Waals surface area contributed by atoms with Gasteiger partial charge in [-0.1, -0.05) is 61.0 Å². The van der Waals surface area contributed by atoms with Crippen LogP contribution in [0.5, 0.6) is 0 Å². The van der Waals surface area contributed by atoms with E-state index in [9.17, 15) is 0 Å². The molecule has 1 aromatic rings. The number of hydrogen-bond donors (Lipinski definition) is 0. The van der Waals surface area contributed by atoms with Gasteiger partial charge in [0, 0.05) is 16.8 Å². The molecule has 0 aliphatic heterocycles. The van der Waals surface area contributed by atoms with Crippen molar-refractivity contribution in [3.8, 4) is 0 Å². The summed E-state index contributed by atoms with van der Waals surface area (Å²) in [6, 6.07) is 8.13. The molecule has 0 N–H and O–H groups in total. The van der Waals surface area contributed by atoms with Crippen LogP contribution in [0.2, 0.25) is 0 Å². The molecule has 0 aliphatic carbocycles. The van der Waals surface area contributed by atoms with Crippen LogP contribution in [-0.4, -0.2) is 5.17 Å². The lowest BCUT2D eigenvalue weighted by molar-refractivity contribution is 1.14. The van der Waals surface area contributed by atoms with Gasteiger partial charge in [0.05, 0.1) is 0 Å². The van der Waals surface area contributed by atoms with Gasteiger partial charge in [0.15, 0.2) is 0 Å². The highest BCUT2D eigenvalue weighted by molar-refractivity contribution is 6.77. The second-order valence-corrected chi connectivity index (χ2v) is 4.49.